The molecule has 8 N–H and O–H groups in total. The lowest BCUT2D eigenvalue weighted by molar-refractivity contribution is -0.146. The van der Waals surface area contributed by atoms with Crippen LogP contribution in [0, 0.1) is 0 Å². The Hall–Kier alpha value is -1.22. The molecule has 0 amide bonds. The number of hydrogen-bond donors (Lipinski definition) is 6. The summed E-state index contributed by atoms with van der Waals surface area (Å²) in [5.41, 5.74) is 9.48. The minimum atomic E-state index is -1.40. The van der Waals surface area contributed by atoms with Crippen LogP contribution in [0.5, 0.6) is 0 Å². The van der Waals surface area contributed by atoms with Gasteiger partial charge in [-0.3, -0.25) is 0 Å². The summed E-state index contributed by atoms with van der Waals surface area (Å²) in [5.74, 6) is -2.55. The number of aliphatic hydroxyl groups is 2. The van der Waals surface area contributed by atoms with Crippen molar-refractivity contribution in [3.8, 4) is 0 Å². The maximum absolute atomic E-state index is 9.60. The molecule has 14 heavy (non-hydrogen) atoms. The first kappa shape index (κ1) is 15.3. The molecule has 0 rings (SSSR count). The molecule has 0 saturated carbocycles. The van der Waals surface area contributed by atoms with Crippen LogP contribution in [0.25, 0.3) is 0 Å². The van der Waals surface area contributed by atoms with Gasteiger partial charge in [0.2, 0.25) is 0 Å². The molecule has 0 spiro atoms. The van der Waals surface area contributed by atoms with E-state index < -0.39 is 24.1 Å². The van der Waals surface area contributed by atoms with Crippen LogP contribution in [-0.4, -0.2) is 57.7 Å². The van der Waals surface area contributed by atoms with Gasteiger partial charge in [-0.1, -0.05) is 0 Å². The summed E-state index contributed by atoms with van der Waals surface area (Å²) in [6.07, 6.45) is -2.81. The van der Waals surface area contributed by atoms with Crippen LogP contribution in [-0.2, 0) is 9.59 Å². The first-order valence-electron chi connectivity index (χ1n) is 3.58. The van der Waals surface area contributed by atoms with Crippen LogP contribution in [0.4, 0.5) is 0 Å². The van der Waals surface area contributed by atoms with Gasteiger partial charge in [-0.15, -0.1) is 0 Å². The van der Waals surface area contributed by atoms with Crippen LogP contribution < -0.4 is 11.5 Å². The fourth-order valence-corrected chi connectivity index (χ4v) is 0.202. The lowest BCUT2D eigenvalue weighted by atomic mass is 10.4. The molecule has 0 heterocycles. The first-order valence-corrected chi connectivity index (χ1v) is 3.58. The summed E-state index contributed by atoms with van der Waals surface area (Å²) < 4.78 is 0. The van der Waals surface area contributed by atoms with Crippen molar-refractivity contribution in [1.29, 1.82) is 0 Å². The van der Waals surface area contributed by atoms with E-state index in [-0.39, 0.29) is 13.1 Å². The topological polar surface area (TPSA) is 167 Å². The van der Waals surface area contributed by atoms with Crippen LogP contribution >= 0.6 is 0 Å². The van der Waals surface area contributed by atoms with Gasteiger partial charge in [0, 0.05) is 13.1 Å². The maximum atomic E-state index is 9.60. The predicted molar refractivity (Wildman–Crippen MR) is 45.4 cm³/mol. The van der Waals surface area contributed by atoms with Crippen LogP contribution in [0.1, 0.15) is 0 Å². The molecule has 0 aliphatic rings. The highest BCUT2D eigenvalue weighted by atomic mass is 16.4. The molecule has 2 atom stereocenters. The molecule has 84 valence electrons. The van der Waals surface area contributed by atoms with Gasteiger partial charge >= 0.3 is 11.9 Å². The fraction of sp³-hybridized carbons (Fsp3) is 0.667. The van der Waals surface area contributed by atoms with Crippen molar-refractivity contribution in [1.82, 2.24) is 0 Å². The number of hydrogen-bond acceptors (Lipinski definition) is 6. The van der Waals surface area contributed by atoms with Gasteiger partial charge in [0.15, 0.2) is 12.2 Å². The molecule has 8 nitrogen and oxygen atoms in total. The summed E-state index contributed by atoms with van der Waals surface area (Å²) in [4.78, 5) is 19.2. The van der Waals surface area contributed by atoms with E-state index in [9.17, 15) is 9.59 Å². The van der Waals surface area contributed by atoms with Gasteiger partial charge in [0.1, 0.15) is 0 Å². The summed E-state index contributed by atoms with van der Waals surface area (Å²) in [6, 6.07) is 0. The van der Waals surface area contributed by atoms with E-state index in [0.717, 1.165) is 0 Å². The molecule has 0 aliphatic carbocycles. The van der Waals surface area contributed by atoms with Crippen LogP contribution in [0.3, 0.4) is 0 Å². The van der Waals surface area contributed by atoms with Crippen molar-refractivity contribution < 1.29 is 30.0 Å². The Morgan fingerprint density at radius 2 is 1.14 bits per heavy atom. The first-order chi connectivity index (χ1) is 6.36. The largest absolute Gasteiger partial charge is 0.479 e. The van der Waals surface area contributed by atoms with E-state index in [1.54, 1.807) is 0 Å². The molecule has 8 heteroatoms. The number of carboxylic acid groups (broad SMARTS) is 2. The third kappa shape index (κ3) is 8.87. The summed E-state index contributed by atoms with van der Waals surface area (Å²) >= 11 is 0. The van der Waals surface area contributed by atoms with E-state index >= 15 is 0 Å². The van der Waals surface area contributed by atoms with Crippen molar-refractivity contribution in [2.45, 2.75) is 12.2 Å². The fourth-order valence-electron chi connectivity index (χ4n) is 0.202. The Bertz CT molecular complexity index is 165. The second kappa shape index (κ2) is 8.38. The highest BCUT2D eigenvalue weighted by Crippen LogP contribution is 1.74. The van der Waals surface area contributed by atoms with Crippen LogP contribution in [0.2, 0.25) is 0 Å². The monoisotopic (exact) mass is 210 g/mol. The zero-order valence-electron chi connectivity index (χ0n) is 7.33. The average Bonchev–Trinajstić information content (AvgIpc) is 2.15. The van der Waals surface area contributed by atoms with E-state index in [2.05, 4.69) is 0 Å². The normalized spacial score (nSPS) is 13.4. The Morgan fingerprint density at radius 1 is 0.929 bits per heavy atom. The van der Waals surface area contributed by atoms with Crippen molar-refractivity contribution in [2.75, 3.05) is 13.1 Å². The molecule has 0 bridgehead atoms. The Kier molecular flexibility index (Phi) is 9.14. The SMILES string of the molecule is NC[C@H](O)C(=O)O.NC[C@H](O)C(=O)O. The van der Waals surface area contributed by atoms with Gasteiger partial charge < -0.3 is 31.9 Å². The molecule has 0 aromatic heterocycles. The molecule has 0 fully saturated rings. The average molecular weight is 210 g/mol. The van der Waals surface area contributed by atoms with Gasteiger partial charge in [-0.05, 0) is 0 Å². The Morgan fingerprint density at radius 3 is 1.14 bits per heavy atom. The van der Waals surface area contributed by atoms with E-state index in [0.29, 0.717) is 0 Å². The molecule has 0 saturated heterocycles. The standard InChI is InChI=1S/2C3H7NO3/c2*4-1-2(5)3(6)7/h2*2,5H,1,4H2,(H,6,7)/t2*2-/m00/s1. The molecular formula is C6H14N2O6. The second-order valence-electron chi connectivity index (χ2n) is 2.18. The number of nitrogens with two attached hydrogens (primary N) is 2. The van der Waals surface area contributed by atoms with Gasteiger partial charge in [0.25, 0.3) is 0 Å². The summed E-state index contributed by atoms with van der Waals surface area (Å²) in [7, 11) is 0. The molecule has 0 unspecified atom stereocenters. The Balaban J connectivity index is 0. The van der Waals surface area contributed by atoms with Gasteiger partial charge in [-0.2, -0.15) is 0 Å². The van der Waals surface area contributed by atoms with Crippen molar-refractivity contribution in [3.63, 3.8) is 0 Å². The minimum absolute atomic E-state index is 0.227. The minimum Gasteiger partial charge on any atom is -0.479 e. The number of rotatable bonds is 4. The Labute approximate surface area is 79.7 Å². The third-order valence-corrected chi connectivity index (χ3v) is 1.02. The van der Waals surface area contributed by atoms with Crippen molar-refractivity contribution in [2.24, 2.45) is 11.5 Å². The third-order valence-electron chi connectivity index (χ3n) is 1.02. The zero-order valence-corrected chi connectivity index (χ0v) is 7.33. The predicted octanol–water partition coefficient (Wildman–Crippen LogP) is -3.22. The van der Waals surface area contributed by atoms with Crippen molar-refractivity contribution in [3.05, 3.63) is 0 Å². The smallest absolute Gasteiger partial charge is 0.333 e. The zero-order chi connectivity index (χ0) is 11.7. The number of aliphatic hydroxyl groups excluding tert-OH is 2. The molecule has 0 aliphatic heterocycles. The highest BCUT2D eigenvalue weighted by molar-refractivity contribution is 5.72. The molecule has 0 aromatic carbocycles. The van der Waals surface area contributed by atoms with Gasteiger partial charge in [-0.25, -0.2) is 9.59 Å². The highest BCUT2D eigenvalue weighted by Gasteiger charge is 2.08. The number of carbonyl (C=O) groups is 2. The van der Waals surface area contributed by atoms with Crippen LogP contribution in [0.15, 0.2) is 0 Å². The summed E-state index contributed by atoms with van der Waals surface area (Å²) in [6.45, 7) is -0.454. The van der Waals surface area contributed by atoms with Crippen molar-refractivity contribution >= 4 is 11.9 Å². The number of carboxylic acids is 2. The van der Waals surface area contributed by atoms with E-state index in [1.807, 2.05) is 0 Å². The van der Waals surface area contributed by atoms with E-state index in [1.165, 1.54) is 0 Å². The molecular weight excluding hydrogens is 196 g/mol. The molecule has 0 radical (unpaired) electrons. The molecule has 0 aromatic rings. The second-order valence-corrected chi connectivity index (χ2v) is 2.18. The maximum Gasteiger partial charge on any atom is 0.333 e. The van der Waals surface area contributed by atoms with E-state index in [4.69, 9.17) is 31.9 Å². The summed E-state index contributed by atoms with van der Waals surface area (Å²) in [5, 5.41) is 32.1. The lowest BCUT2D eigenvalue weighted by Gasteiger charge is -1.96. The lowest BCUT2D eigenvalue weighted by Crippen LogP contribution is -2.28. The number of aliphatic carboxylic acids is 2. The van der Waals surface area contributed by atoms with Gasteiger partial charge in [0.05, 0.1) is 0 Å². The quantitative estimate of drug-likeness (QED) is 0.281.